The highest BCUT2D eigenvalue weighted by Crippen LogP contribution is 2.45. The second-order valence-corrected chi connectivity index (χ2v) is 8.31. The minimum atomic E-state index is -0.748. The Morgan fingerprint density at radius 2 is 2.03 bits per heavy atom. The number of amides is 1. The molecule has 1 saturated heterocycles. The van der Waals surface area contributed by atoms with Crippen LogP contribution < -0.4 is 9.47 Å². The molecule has 1 fully saturated rings. The molecule has 2 atom stereocenters. The van der Waals surface area contributed by atoms with Gasteiger partial charge in [-0.3, -0.25) is 14.5 Å². The summed E-state index contributed by atoms with van der Waals surface area (Å²) in [4.78, 5) is 43.7. The van der Waals surface area contributed by atoms with E-state index in [4.69, 9.17) is 14.2 Å². The van der Waals surface area contributed by atoms with Crippen molar-refractivity contribution < 1.29 is 28.6 Å². The minimum absolute atomic E-state index is 0.0365. The van der Waals surface area contributed by atoms with Crippen molar-refractivity contribution >= 4 is 34.8 Å². The number of rotatable bonds is 8. The van der Waals surface area contributed by atoms with Gasteiger partial charge >= 0.3 is 11.9 Å². The van der Waals surface area contributed by atoms with Crippen LogP contribution in [0.2, 0.25) is 0 Å². The lowest BCUT2D eigenvalue weighted by molar-refractivity contribution is -0.139. The van der Waals surface area contributed by atoms with Gasteiger partial charge in [0.2, 0.25) is 5.91 Å². The quantitative estimate of drug-likeness (QED) is 0.332. The normalized spacial score (nSPS) is 19.9. The van der Waals surface area contributed by atoms with Gasteiger partial charge in [0.1, 0.15) is 6.61 Å². The Balaban J connectivity index is 2.14. The van der Waals surface area contributed by atoms with Crippen molar-refractivity contribution in [2.24, 2.45) is 4.99 Å². The second kappa shape index (κ2) is 10.0. The summed E-state index contributed by atoms with van der Waals surface area (Å²) >= 11 is 1.39. The van der Waals surface area contributed by atoms with E-state index < -0.39 is 18.0 Å². The number of fused-ring (bicyclic) bond motifs is 1. The summed E-state index contributed by atoms with van der Waals surface area (Å²) in [6, 6.07) is 4.24. The zero-order valence-corrected chi connectivity index (χ0v) is 19.4. The van der Waals surface area contributed by atoms with E-state index in [2.05, 4.69) is 11.6 Å². The van der Waals surface area contributed by atoms with Crippen LogP contribution in [0.15, 0.2) is 47.1 Å². The van der Waals surface area contributed by atoms with Gasteiger partial charge in [0.05, 0.1) is 29.2 Å². The maximum atomic E-state index is 13.2. The predicted octanol–water partition coefficient (Wildman–Crippen LogP) is 3.78. The first-order valence-electron chi connectivity index (χ1n) is 10.3. The monoisotopic (exact) mass is 458 g/mol. The summed E-state index contributed by atoms with van der Waals surface area (Å²) in [7, 11) is 0. The SMILES string of the molecule is C=CCOC(=O)C1=C(C)N=C2S[C@H](CC)C(=O)N2[C@@H]1c1ccc(OC(C)=O)c(OCC)c1. The molecular formula is C23H26N2O6S. The maximum Gasteiger partial charge on any atom is 0.338 e. The molecule has 2 heterocycles. The molecule has 0 N–H and O–H groups in total. The van der Waals surface area contributed by atoms with Crippen LogP contribution in [0.25, 0.3) is 0 Å². The van der Waals surface area contributed by atoms with Crippen LogP contribution in [0.4, 0.5) is 0 Å². The van der Waals surface area contributed by atoms with Crippen molar-refractivity contribution in [3.05, 3.63) is 47.7 Å². The molecule has 1 aromatic carbocycles. The summed E-state index contributed by atoms with van der Waals surface area (Å²) in [6.07, 6.45) is 2.11. The van der Waals surface area contributed by atoms with Gasteiger partial charge in [-0.15, -0.1) is 0 Å². The maximum absolute atomic E-state index is 13.2. The number of aliphatic imine (C=N–C) groups is 1. The molecule has 0 saturated carbocycles. The molecular weight excluding hydrogens is 432 g/mol. The lowest BCUT2D eigenvalue weighted by Gasteiger charge is -2.33. The van der Waals surface area contributed by atoms with Crippen molar-refractivity contribution in [3.8, 4) is 11.5 Å². The first-order valence-corrected chi connectivity index (χ1v) is 11.2. The van der Waals surface area contributed by atoms with E-state index in [-0.39, 0.29) is 29.1 Å². The van der Waals surface area contributed by atoms with E-state index in [1.54, 1.807) is 30.0 Å². The number of amidine groups is 1. The van der Waals surface area contributed by atoms with Gasteiger partial charge < -0.3 is 14.2 Å². The Bertz CT molecular complexity index is 1020. The van der Waals surface area contributed by atoms with Gasteiger partial charge in [0, 0.05) is 6.92 Å². The van der Waals surface area contributed by atoms with E-state index in [9.17, 15) is 14.4 Å². The summed E-state index contributed by atoms with van der Waals surface area (Å²) in [5.41, 5.74) is 1.37. The Hall–Kier alpha value is -3.07. The number of esters is 2. The molecule has 32 heavy (non-hydrogen) atoms. The Morgan fingerprint density at radius 1 is 1.28 bits per heavy atom. The number of carbonyl (C=O) groups is 3. The molecule has 0 aliphatic carbocycles. The second-order valence-electron chi connectivity index (χ2n) is 7.14. The smallest absolute Gasteiger partial charge is 0.338 e. The number of thioether (sulfide) groups is 1. The van der Waals surface area contributed by atoms with Crippen molar-refractivity contribution in [2.45, 2.75) is 45.4 Å². The van der Waals surface area contributed by atoms with Crippen molar-refractivity contribution in [1.82, 2.24) is 4.90 Å². The van der Waals surface area contributed by atoms with Gasteiger partial charge in [0.25, 0.3) is 0 Å². The van der Waals surface area contributed by atoms with Gasteiger partial charge in [0.15, 0.2) is 16.7 Å². The zero-order valence-electron chi connectivity index (χ0n) is 18.5. The summed E-state index contributed by atoms with van der Waals surface area (Å²) in [5.74, 6) is -0.572. The highest BCUT2D eigenvalue weighted by atomic mass is 32.2. The fourth-order valence-corrected chi connectivity index (χ4v) is 4.71. The van der Waals surface area contributed by atoms with E-state index in [0.717, 1.165) is 0 Å². The number of nitrogens with zero attached hydrogens (tertiary/aromatic N) is 2. The standard InChI is InChI=1S/C23H26N2O6S/c1-6-11-30-22(28)19-13(4)24-23-25(21(27)18(7-2)32-23)20(19)15-9-10-16(31-14(5)26)17(12-15)29-8-3/h6,9-10,12,18,20H,1,7-8,11H2,2-5H3/t18-,20-/m1/s1. The van der Waals surface area contributed by atoms with Gasteiger partial charge in [-0.1, -0.05) is 37.4 Å². The molecule has 170 valence electrons. The third-order valence-corrected chi connectivity index (χ3v) is 6.23. The number of hydrogen-bond acceptors (Lipinski definition) is 8. The highest BCUT2D eigenvalue weighted by molar-refractivity contribution is 8.15. The van der Waals surface area contributed by atoms with E-state index in [1.165, 1.54) is 24.8 Å². The summed E-state index contributed by atoms with van der Waals surface area (Å²) < 4.78 is 16.2. The number of hydrogen-bond donors (Lipinski definition) is 0. The number of ether oxygens (including phenoxy) is 3. The molecule has 0 aromatic heterocycles. The van der Waals surface area contributed by atoms with Crippen LogP contribution in [0, 0.1) is 0 Å². The highest BCUT2D eigenvalue weighted by Gasteiger charge is 2.47. The molecule has 2 aliphatic rings. The fourth-order valence-electron chi connectivity index (χ4n) is 3.58. The van der Waals surface area contributed by atoms with Crippen LogP contribution in [0.5, 0.6) is 11.5 Å². The molecule has 1 amide bonds. The topological polar surface area (TPSA) is 94.5 Å². The first kappa shape index (κ1) is 23.6. The van der Waals surface area contributed by atoms with Crippen molar-refractivity contribution in [2.75, 3.05) is 13.2 Å². The number of allylic oxidation sites excluding steroid dienone is 1. The largest absolute Gasteiger partial charge is 0.490 e. The molecule has 9 heteroatoms. The number of carbonyl (C=O) groups excluding carboxylic acids is 3. The van der Waals surface area contributed by atoms with Crippen LogP contribution >= 0.6 is 11.8 Å². The van der Waals surface area contributed by atoms with Crippen LogP contribution in [-0.2, 0) is 19.1 Å². The first-order chi connectivity index (χ1) is 15.3. The molecule has 0 radical (unpaired) electrons. The Labute approximate surface area is 191 Å². The minimum Gasteiger partial charge on any atom is -0.490 e. The summed E-state index contributed by atoms with van der Waals surface area (Å²) in [6.45, 7) is 10.7. The van der Waals surface area contributed by atoms with Gasteiger partial charge in [-0.2, -0.15) is 0 Å². The lowest BCUT2D eigenvalue weighted by Crippen LogP contribution is -2.40. The van der Waals surface area contributed by atoms with Crippen LogP contribution in [0.1, 0.15) is 45.7 Å². The lowest BCUT2D eigenvalue weighted by atomic mass is 9.93. The van der Waals surface area contributed by atoms with E-state index >= 15 is 0 Å². The predicted molar refractivity (Wildman–Crippen MR) is 121 cm³/mol. The van der Waals surface area contributed by atoms with Gasteiger partial charge in [-0.05, 0) is 38.0 Å². The van der Waals surface area contributed by atoms with E-state index in [1.807, 2.05) is 13.8 Å². The van der Waals surface area contributed by atoms with Gasteiger partial charge in [-0.25, -0.2) is 9.79 Å². The third-order valence-electron chi connectivity index (χ3n) is 4.91. The fraction of sp³-hybridized carbons (Fsp3) is 0.391. The van der Waals surface area contributed by atoms with Crippen molar-refractivity contribution in [1.29, 1.82) is 0 Å². The molecule has 2 aliphatic heterocycles. The zero-order chi connectivity index (χ0) is 23.4. The molecule has 0 unspecified atom stereocenters. The van der Waals surface area contributed by atoms with E-state index in [0.29, 0.717) is 35.2 Å². The molecule has 0 bridgehead atoms. The average Bonchev–Trinajstić information content (AvgIpc) is 3.07. The summed E-state index contributed by atoms with van der Waals surface area (Å²) in [5, 5.41) is 0.269. The van der Waals surface area contributed by atoms with Crippen LogP contribution in [0.3, 0.4) is 0 Å². The Kier molecular flexibility index (Phi) is 7.40. The number of benzene rings is 1. The molecule has 8 nitrogen and oxygen atoms in total. The van der Waals surface area contributed by atoms with Crippen LogP contribution in [-0.4, -0.2) is 46.4 Å². The third kappa shape index (κ3) is 4.57. The van der Waals surface area contributed by atoms with Crippen molar-refractivity contribution in [3.63, 3.8) is 0 Å². The molecule has 1 aromatic rings. The Morgan fingerprint density at radius 3 is 2.66 bits per heavy atom. The molecule has 0 spiro atoms. The molecule has 3 rings (SSSR count). The average molecular weight is 459 g/mol.